The van der Waals surface area contributed by atoms with Gasteiger partial charge in [-0.15, -0.1) is 0 Å². The molecular weight excluding hydrogens is 325 g/mol. The van der Waals surface area contributed by atoms with Gasteiger partial charge in [0.2, 0.25) is 11.7 Å². The maximum absolute atomic E-state index is 12.9. The Bertz CT molecular complexity index is 876. The number of halogens is 1. The fraction of sp³-hybridized carbons (Fsp3) is 0.176. The van der Waals surface area contributed by atoms with Crippen LogP contribution in [0, 0.1) is 5.82 Å². The molecule has 1 saturated heterocycles. The fourth-order valence-electron chi connectivity index (χ4n) is 2.55. The van der Waals surface area contributed by atoms with Crippen molar-refractivity contribution in [2.75, 3.05) is 18.4 Å². The molecule has 1 fully saturated rings. The topological polar surface area (TPSA) is 84.2 Å². The SMILES string of the molecule is O=C(Nc1ccc(F)cc1)N1CC(c2nc(-c3cccnc3)no2)C1. The third-order valence-corrected chi connectivity index (χ3v) is 3.97. The van der Waals surface area contributed by atoms with Gasteiger partial charge in [-0.05, 0) is 36.4 Å². The molecule has 4 rings (SSSR count). The zero-order valence-corrected chi connectivity index (χ0v) is 13.1. The molecule has 7 nitrogen and oxygen atoms in total. The van der Waals surface area contributed by atoms with Gasteiger partial charge in [0.05, 0.1) is 5.92 Å². The van der Waals surface area contributed by atoms with Gasteiger partial charge in [0.1, 0.15) is 5.82 Å². The summed E-state index contributed by atoms with van der Waals surface area (Å²) >= 11 is 0. The minimum atomic E-state index is -0.345. The number of anilines is 1. The van der Waals surface area contributed by atoms with E-state index in [0.717, 1.165) is 5.56 Å². The van der Waals surface area contributed by atoms with Crippen molar-refractivity contribution in [3.05, 3.63) is 60.5 Å². The molecule has 126 valence electrons. The van der Waals surface area contributed by atoms with E-state index in [1.807, 2.05) is 6.07 Å². The molecule has 1 N–H and O–H groups in total. The van der Waals surface area contributed by atoms with Crippen molar-refractivity contribution in [1.82, 2.24) is 20.0 Å². The number of nitrogens with zero attached hydrogens (tertiary/aromatic N) is 4. The largest absolute Gasteiger partial charge is 0.339 e. The van der Waals surface area contributed by atoms with Crippen LogP contribution in [0.5, 0.6) is 0 Å². The van der Waals surface area contributed by atoms with Crippen molar-refractivity contribution in [2.45, 2.75) is 5.92 Å². The van der Waals surface area contributed by atoms with Gasteiger partial charge in [0, 0.05) is 36.7 Å². The van der Waals surface area contributed by atoms with E-state index in [9.17, 15) is 9.18 Å². The van der Waals surface area contributed by atoms with Crippen LogP contribution in [-0.4, -0.2) is 39.1 Å². The summed E-state index contributed by atoms with van der Waals surface area (Å²) in [6.07, 6.45) is 3.34. The average Bonchev–Trinajstić information content (AvgIpc) is 3.06. The summed E-state index contributed by atoms with van der Waals surface area (Å²) in [6, 6.07) is 9.04. The van der Waals surface area contributed by atoms with Crippen LogP contribution in [0.15, 0.2) is 53.3 Å². The predicted octanol–water partition coefficient (Wildman–Crippen LogP) is 2.90. The number of benzene rings is 1. The molecule has 1 aliphatic heterocycles. The van der Waals surface area contributed by atoms with E-state index < -0.39 is 0 Å². The number of urea groups is 1. The number of carbonyl (C=O) groups is 1. The number of carbonyl (C=O) groups excluding carboxylic acids is 1. The maximum atomic E-state index is 12.9. The Kier molecular flexibility index (Phi) is 3.85. The van der Waals surface area contributed by atoms with Crippen molar-refractivity contribution in [3.63, 3.8) is 0 Å². The second kappa shape index (κ2) is 6.31. The summed E-state index contributed by atoms with van der Waals surface area (Å²) in [5.74, 6) is 0.654. The van der Waals surface area contributed by atoms with Crippen molar-refractivity contribution >= 4 is 11.7 Å². The lowest BCUT2D eigenvalue weighted by Gasteiger charge is -2.36. The molecule has 0 spiro atoms. The first-order valence-corrected chi connectivity index (χ1v) is 7.74. The molecule has 25 heavy (non-hydrogen) atoms. The van der Waals surface area contributed by atoms with Crippen LogP contribution in [0.1, 0.15) is 11.8 Å². The van der Waals surface area contributed by atoms with E-state index in [0.29, 0.717) is 30.5 Å². The molecule has 3 aromatic rings. The van der Waals surface area contributed by atoms with Crippen LogP contribution in [0.3, 0.4) is 0 Å². The van der Waals surface area contributed by atoms with Crippen LogP contribution >= 0.6 is 0 Å². The summed E-state index contributed by atoms with van der Waals surface area (Å²) in [6.45, 7) is 0.976. The summed E-state index contributed by atoms with van der Waals surface area (Å²) in [5, 5.41) is 6.67. The van der Waals surface area contributed by atoms with Gasteiger partial charge in [0.15, 0.2) is 0 Å². The predicted molar refractivity (Wildman–Crippen MR) is 87.3 cm³/mol. The van der Waals surface area contributed by atoms with Crippen molar-refractivity contribution in [2.24, 2.45) is 0 Å². The standard InChI is InChI=1S/C17H14FN5O2/c18-13-3-5-14(6-4-13)20-17(24)23-9-12(10-23)16-21-15(22-25-16)11-2-1-7-19-8-11/h1-8,12H,9-10H2,(H,20,24). The maximum Gasteiger partial charge on any atom is 0.321 e. The third-order valence-electron chi connectivity index (χ3n) is 3.97. The molecule has 0 atom stereocenters. The quantitative estimate of drug-likeness (QED) is 0.793. The Morgan fingerprint density at radius 3 is 2.76 bits per heavy atom. The van der Waals surface area contributed by atoms with Crippen molar-refractivity contribution < 1.29 is 13.7 Å². The number of likely N-dealkylation sites (tertiary alicyclic amines) is 1. The highest BCUT2D eigenvalue weighted by Gasteiger charge is 2.35. The number of amides is 2. The van der Waals surface area contributed by atoms with Crippen LogP contribution in [0.4, 0.5) is 14.9 Å². The highest BCUT2D eigenvalue weighted by atomic mass is 19.1. The average molecular weight is 339 g/mol. The Hall–Kier alpha value is -3.29. The lowest BCUT2D eigenvalue weighted by Crippen LogP contribution is -2.50. The molecule has 0 unspecified atom stereocenters. The van der Waals surface area contributed by atoms with Gasteiger partial charge < -0.3 is 14.7 Å². The Morgan fingerprint density at radius 2 is 2.04 bits per heavy atom. The van der Waals surface area contributed by atoms with E-state index in [4.69, 9.17) is 4.52 Å². The fourth-order valence-corrected chi connectivity index (χ4v) is 2.55. The number of rotatable bonds is 3. The second-order valence-electron chi connectivity index (χ2n) is 5.74. The van der Waals surface area contributed by atoms with E-state index in [1.54, 1.807) is 23.4 Å². The molecular formula is C17H14FN5O2. The van der Waals surface area contributed by atoms with Gasteiger partial charge in [-0.25, -0.2) is 9.18 Å². The smallest absolute Gasteiger partial charge is 0.321 e. The molecule has 1 aliphatic rings. The first-order valence-electron chi connectivity index (χ1n) is 7.74. The van der Waals surface area contributed by atoms with Gasteiger partial charge in [-0.1, -0.05) is 5.16 Å². The third kappa shape index (κ3) is 3.18. The Balaban J connectivity index is 1.35. The summed E-state index contributed by atoms with van der Waals surface area (Å²) in [5.41, 5.74) is 1.33. The van der Waals surface area contributed by atoms with Crippen LogP contribution in [-0.2, 0) is 0 Å². The molecule has 0 bridgehead atoms. The molecule has 1 aromatic carbocycles. The number of hydrogen-bond donors (Lipinski definition) is 1. The molecule has 2 amide bonds. The zero-order valence-electron chi connectivity index (χ0n) is 13.1. The first-order chi connectivity index (χ1) is 12.2. The lowest BCUT2D eigenvalue weighted by molar-refractivity contribution is 0.147. The van der Waals surface area contributed by atoms with Crippen molar-refractivity contribution in [3.8, 4) is 11.4 Å². The van der Waals surface area contributed by atoms with Gasteiger partial charge >= 0.3 is 6.03 Å². The molecule has 8 heteroatoms. The van der Waals surface area contributed by atoms with Crippen molar-refractivity contribution in [1.29, 1.82) is 0 Å². The molecule has 2 aromatic heterocycles. The van der Waals surface area contributed by atoms with Gasteiger partial charge in [-0.3, -0.25) is 4.98 Å². The summed E-state index contributed by atoms with van der Waals surface area (Å²) in [4.78, 5) is 22.2. The highest BCUT2D eigenvalue weighted by molar-refractivity contribution is 5.89. The highest BCUT2D eigenvalue weighted by Crippen LogP contribution is 2.28. The van der Waals surface area contributed by atoms with Crippen LogP contribution in [0.2, 0.25) is 0 Å². The molecule has 0 saturated carbocycles. The second-order valence-corrected chi connectivity index (χ2v) is 5.74. The summed E-state index contributed by atoms with van der Waals surface area (Å²) in [7, 11) is 0. The normalized spacial score (nSPS) is 14.2. The van der Waals surface area contributed by atoms with E-state index >= 15 is 0 Å². The minimum absolute atomic E-state index is 0.0110. The van der Waals surface area contributed by atoms with Gasteiger partial charge in [0.25, 0.3) is 0 Å². The van der Waals surface area contributed by atoms with Gasteiger partial charge in [-0.2, -0.15) is 4.98 Å². The van der Waals surface area contributed by atoms with E-state index in [2.05, 4.69) is 20.4 Å². The number of pyridine rings is 1. The monoisotopic (exact) mass is 339 g/mol. The Labute approximate surface area is 142 Å². The zero-order chi connectivity index (χ0) is 17.2. The lowest BCUT2D eigenvalue weighted by atomic mass is 10.0. The van der Waals surface area contributed by atoms with E-state index in [-0.39, 0.29) is 17.8 Å². The van der Waals surface area contributed by atoms with Crippen LogP contribution in [0.25, 0.3) is 11.4 Å². The molecule has 3 heterocycles. The van der Waals surface area contributed by atoms with Crippen LogP contribution < -0.4 is 5.32 Å². The number of nitrogens with one attached hydrogen (secondary N) is 1. The van der Waals surface area contributed by atoms with E-state index in [1.165, 1.54) is 24.3 Å². The molecule has 0 aliphatic carbocycles. The first kappa shape index (κ1) is 15.3. The minimum Gasteiger partial charge on any atom is -0.339 e. The Morgan fingerprint density at radius 1 is 1.24 bits per heavy atom. The number of hydrogen-bond acceptors (Lipinski definition) is 5. The molecule has 0 radical (unpaired) electrons. The number of aromatic nitrogens is 3. The summed E-state index contributed by atoms with van der Waals surface area (Å²) < 4.78 is 18.2.